The van der Waals surface area contributed by atoms with Gasteiger partial charge in [-0.1, -0.05) is 25.3 Å². The molecule has 1 saturated carbocycles. The molecule has 0 bridgehead atoms. The van der Waals surface area contributed by atoms with E-state index in [-0.39, 0.29) is 0 Å². The molecule has 2 aliphatic rings. The zero-order chi connectivity index (χ0) is 10.0. The molecule has 0 aromatic carbocycles. The van der Waals surface area contributed by atoms with E-state index in [0.29, 0.717) is 11.2 Å². The van der Waals surface area contributed by atoms with Crippen molar-refractivity contribution in [2.24, 2.45) is 5.41 Å². The molecule has 0 aromatic heterocycles. The summed E-state index contributed by atoms with van der Waals surface area (Å²) in [6.45, 7) is 2.39. The van der Waals surface area contributed by atoms with Crippen LogP contribution in [-0.4, -0.2) is 5.78 Å². The first-order valence-electron chi connectivity index (χ1n) is 5.90. The predicted octanol–water partition coefficient (Wildman–Crippen LogP) is 3.64. The molecule has 1 heteroatoms. The topological polar surface area (TPSA) is 17.1 Å². The maximum Gasteiger partial charge on any atom is 0.155 e. The van der Waals surface area contributed by atoms with Crippen molar-refractivity contribution in [3.8, 4) is 0 Å². The van der Waals surface area contributed by atoms with Crippen LogP contribution < -0.4 is 0 Å². The molecule has 0 atom stereocenters. The third kappa shape index (κ3) is 2.26. The van der Waals surface area contributed by atoms with Gasteiger partial charge in [-0.3, -0.25) is 4.79 Å². The van der Waals surface area contributed by atoms with Crippen LogP contribution in [0, 0.1) is 5.41 Å². The van der Waals surface area contributed by atoms with E-state index in [0.717, 1.165) is 12.8 Å². The minimum Gasteiger partial charge on any atom is -0.295 e. The Bertz CT molecular complexity index is 256. The maximum atomic E-state index is 11.3. The highest BCUT2D eigenvalue weighted by atomic mass is 16.1. The van der Waals surface area contributed by atoms with E-state index in [4.69, 9.17) is 0 Å². The average Bonchev–Trinajstić information content (AvgIpc) is 2.51. The second-order valence-corrected chi connectivity index (χ2v) is 5.32. The van der Waals surface area contributed by atoms with Crippen molar-refractivity contribution in [2.45, 2.75) is 58.3 Å². The first-order valence-corrected chi connectivity index (χ1v) is 5.90. The van der Waals surface area contributed by atoms with Crippen molar-refractivity contribution in [2.75, 3.05) is 0 Å². The van der Waals surface area contributed by atoms with Gasteiger partial charge in [0, 0.05) is 6.42 Å². The highest BCUT2D eigenvalue weighted by Gasteiger charge is 2.29. The van der Waals surface area contributed by atoms with Crippen molar-refractivity contribution in [1.82, 2.24) is 0 Å². The van der Waals surface area contributed by atoms with Gasteiger partial charge in [-0.15, -0.1) is 0 Å². The van der Waals surface area contributed by atoms with Gasteiger partial charge >= 0.3 is 0 Å². The Kier molecular flexibility index (Phi) is 2.76. The van der Waals surface area contributed by atoms with Crippen molar-refractivity contribution in [1.29, 1.82) is 0 Å². The Balaban J connectivity index is 1.99. The summed E-state index contributed by atoms with van der Waals surface area (Å²) in [6.07, 6.45) is 11.6. The van der Waals surface area contributed by atoms with Crippen LogP contribution in [0.1, 0.15) is 58.3 Å². The average molecular weight is 192 g/mol. The SMILES string of the molecule is CC1(CC2=CC(=O)CCC2)CCCC1. The predicted molar refractivity (Wildman–Crippen MR) is 58.1 cm³/mol. The van der Waals surface area contributed by atoms with E-state index in [1.54, 1.807) is 0 Å². The molecule has 0 spiro atoms. The summed E-state index contributed by atoms with van der Waals surface area (Å²) >= 11 is 0. The summed E-state index contributed by atoms with van der Waals surface area (Å²) in [6, 6.07) is 0. The van der Waals surface area contributed by atoms with E-state index in [2.05, 4.69) is 6.92 Å². The van der Waals surface area contributed by atoms with Crippen molar-refractivity contribution in [3.05, 3.63) is 11.6 Å². The summed E-state index contributed by atoms with van der Waals surface area (Å²) in [5.74, 6) is 0.354. The molecular formula is C13H20O. The van der Waals surface area contributed by atoms with Gasteiger partial charge in [0.1, 0.15) is 0 Å². The van der Waals surface area contributed by atoms with Crippen LogP contribution in [-0.2, 0) is 4.79 Å². The van der Waals surface area contributed by atoms with E-state index >= 15 is 0 Å². The van der Waals surface area contributed by atoms with Crippen molar-refractivity contribution in [3.63, 3.8) is 0 Å². The van der Waals surface area contributed by atoms with Crippen LogP contribution in [0.4, 0.5) is 0 Å². The largest absolute Gasteiger partial charge is 0.295 e. The lowest BCUT2D eigenvalue weighted by atomic mass is 9.79. The van der Waals surface area contributed by atoms with Crippen LogP contribution in [0.5, 0.6) is 0 Å². The number of hydrogen-bond donors (Lipinski definition) is 0. The number of hydrogen-bond acceptors (Lipinski definition) is 1. The second-order valence-electron chi connectivity index (χ2n) is 5.32. The third-order valence-electron chi connectivity index (χ3n) is 3.75. The molecule has 2 aliphatic carbocycles. The zero-order valence-corrected chi connectivity index (χ0v) is 9.14. The minimum absolute atomic E-state index is 0.354. The van der Waals surface area contributed by atoms with Crippen LogP contribution in [0.3, 0.4) is 0 Å². The second kappa shape index (κ2) is 3.88. The van der Waals surface area contributed by atoms with Gasteiger partial charge in [-0.05, 0) is 43.6 Å². The van der Waals surface area contributed by atoms with E-state index in [1.165, 1.54) is 44.1 Å². The maximum absolute atomic E-state index is 11.3. The van der Waals surface area contributed by atoms with Gasteiger partial charge < -0.3 is 0 Å². The molecule has 0 heterocycles. The fourth-order valence-corrected chi connectivity index (χ4v) is 2.95. The number of carbonyl (C=O) groups is 1. The number of ketones is 1. The Morgan fingerprint density at radius 3 is 2.57 bits per heavy atom. The summed E-state index contributed by atoms with van der Waals surface area (Å²) in [4.78, 5) is 11.3. The minimum atomic E-state index is 0.354. The fraction of sp³-hybridized carbons (Fsp3) is 0.769. The summed E-state index contributed by atoms with van der Waals surface area (Å²) < 4.78 is 0. The summed E-state index contributed by atoms with van der Waals surface area (Å²) in [5, 5.41) is 0. The van der Waals surface area contributed by atoms with Gasteiger partial charge in [0.05, 0.1) is 0 Å². The monoisotopic (exact) mass is 192 g/mol. The third-order valence-corrected chi connectivity index (χ3v) is 3.75. The fourth-order valence-electron chi connectivity index (χ4n) is 2.95. The summed E-state index contributed by atoms with van der Waals surface area (Å²) in [5.41, 5.74) is 1.94. The molecule has 0 amide bonds. The van der Waals surface area contributed by atoms with E-state index in [1.807, 2.05) is 6.08 Å². The Hall–Kier alpha value is -0.590. The van der Waals surface area contributed by atoms with Crippen molar-refractivity contribution < 1.29 is 4.79 Å². The van der Waals surface area contributed by atoms with Crippen molar-refractivity contribution >= 4 is 5.78 Å². The van der Waals surface area contributed by atoms with Gasteiger partial charge in [0.25, 0.3) is 0 Å². The molecule has 0 saturated heterocycles. The Morgan fingerprint density at radius 2 is 1.93 bits per heavy atom. The zero-order valence-electron chi connectivity index (χ0n) is 9.14. The van der Waals surface area contributed by atoms with Crippen LogP contribution in [0.2, 0.25) is 0 Å². The molecule has 0 unspecified atom stereocenters. The van der Waals surface area contributed by atoms with Gasteiger partial charge in [-0.25, -0.2) is 0 Å². The molecule has 0 aliphatic heterocycles. The van der Waals surface area contributed by atoms with Gasteiger partial charge in [0.15, 0.2) is 5.78 Å². The van der Waals surface area contributed by atoms with Gasteiger partial charge in [0.2, 0.25) is 0 Å². The highest BCUT2D eigenvalue weighted by Crippen LogP contribution is 2.43. The van der Waals surface area contributed by atoms with E-state index in [9.17, 15) is 4.79 Å². The van der Waals surface area contributed by atoms with Gasteiger partial charge in [-0.2, -0.15) is 0 Å². The molecule has 0 aromatic rings. The lowest BCUT2D eigenvalue weighted by Crippen LogP contribution is -2.14. The lowest BCUT2D eigenvalue weighted by Gasteiger charge is -2.26. The lowest BCUT2D eigenvalue weighted by molar-refractivity contribution is -0.115. The molecule has 0 N–H and O–H groups in total. The molecular weight excluding hydrogens is 172 g/mol. The first-order chi connectivity index (χ1) is 6.68. The summed E-state index contributed by atoms with van der Waals surface area (Å²) in [7, 11) is 0. The van der Waals surface area contributed by atoms with E-state index < -0.39 is 0 Å². The Morgan fingerprint density at radius 1 is 1.21 bits per heavy atom. The number of allylic oxidation sites excluding steroid dienone is 2. The first kappa shape index (κ1) is 9.95. The Labute approximate surface area is 86.6 Å². The van der Waals surface area contributed by atoms with Crippen LogP contribution in [0.15, 0.2) is 11.6 Å². The standard InChI is InChI=1S/C13H20O/c1-13(7-2-3-8-13)10-11-5-4-6-12(14)9-11/h9H,2-8,10H2,1H3. The van der Waals surface area contributed by atoms with Crippen LogP contribution in [0.25, 0.3) is 0 Å². The normalized spacial score (nSPS) is 26.4. The highest BCUT2D eigenvalue weighted by molar-refractivity contribution is 5.91. The molecule has 14 heavy (non-hydrogen) atoms. The quantitative estimate of drug-likeness (QED) is 0.653. The number of carbonyl (C=O) groups excluding carboxylic acids is 1. The van der Waals surface area contributed by atoms with Crippen LogP contribution >= 0.6 is 0 Å². The molecule has 1 nitrogen and oxygen atoms in total. The molecule has 78 valence electrons. The molecule has 1 fully saturated rings. The molecule has 0 radical (unpaired) electrons. The molecule has 2 rings (SSSR count). The number of rotatable bonds is 2. The smallest absolute Gasteiger partial charge is 0.155 e.